The van der Waals surface area contributed by atoms with Crippen LogP contribution in [0.4, 0.5) is 5.88 Å². The molecule has 78 valence electrons. The number of anilines is 1. The van der Waals surface area contributed by atoms with Gasteiger partial charge in [0.05, 0.1) is 7.11 Å². The molecule has 0 radical (unpaired) electrons. The molecule has 0 spiro atoms. The van der Waals surface area contributed by atoms with Gasteiger partial charge in [-0.25, -0.2) is 0 Å². The minimum atomic E-state index is 0.279. The fourth-order valence-corrected chi connectivity index (χ4v) is 1.87. The summed E-state index contributed by atoms with van der Waals surface area (Å²) in [5.74, 6) is 1.30. The second-order valence-electron chi connectivity index (χ2n) is 3.49. The van der Waals surface area contributed by atoms with Crippen molar-refractivity contribution in [3.05, 3.63) is 5.69 Å². The number of hydrogen-bond donors (Lipinski definition) is 2. The van der Waals surface area contributed by atoms with Gasteiger partial charge >= 0.3 is 0 Å². The molecule has 0 atom stereocenters. The number of piperidine rings is 1. The first kappa shape index (κ1) is 9.33. The zero-order valence-corrected chi connectivity index (χ0v) is 8.25. The number of aromatic nitrogens is 1. The molecule has 0 amide bonds. The lowest BCUT2D eigenvalue weighted by molar-refractivity contribution is 0.387. The van der Waals surface area contributed by atoms with Crippen molar-refractivity contribution in [3.8, 4) is 5.75 Å². The lowest BCUT2D eigenvalue weighted by Gasteiger charge is -2.20. The molecule has 0 aliphatic carbocycles. The molecule has 5 heteroatoms. The molecule has 1 fully saturated rings. The standard InChI is InChI=1S/C9H15N3O2/c1-13-8-7(12-14-9(8)10)6-2-4-11-5-3-6/h6,11H,2-5,10H2,1H3. The summed E-state index contributed by atoms with van der Waals surface area (Å²) in [5, 5.41) is 7.26. The van der Waals surface area contributed by atoms with Crippen LogP contribution in [0.25, 0.3) is 0 Å². The lowest BCUT2D eigenvalue weighted by atomic mass is 9.94. The highest BCUT2D eigenvalue weighted by atomic mass is 16.5. The minimum absolute atomic E-state index is 0.279. The van der Waals surface area contributed by atoms with Gasteiger partial charge in [0.25, 0.3) is 5.88 Å². The van der Waals surface area contributed by atoms with Gasteiger partial charge in [-0.05, 0) is 25.9 Å². The van der Waals surface area contributed by atoms with E-state index in [1.54, 1.807) is 7.11 Å². The smallest absolute Gasteiger partial charge is 0.264 e. The van der Waals surface area contributed by atoms with Crippen LogP contribution in [0.2, 0.25) is 0 Å². The Morgan fingerprint density at radius 2 is 2.21 bits per heavy atom. The van der Waals surface area contributed by atoms with E-state index in [1.165, 1.54) is 0 Å². The maximum Gasteiger partial charge on any atom is 0.264 e. The van der Waals surface area contributed by atoms with E-state index >= 15 is 0 Å². The number of methoxy groups -OCH3 is 1. The molecule has 0 saturated carbocycles. The Labute approximate surface area is 82.6 Å². The Morgan fingerprint density at radius 1 is 1.50 bits per heavy atom. The Balaban J connectivity index is 2.21. The Bertz CT molecular complexity index is 305. The second kappa shape index (κ2) is 3.88. The number of rotatable bonds is 2. The van der Waals surface area contributed by atoms with Gasteiger partial charge in [0.1, 0.15) is 5.69 Å². The van der Waals surface area contributed by atoms with E-state index in [9.17, 15) is 0 Å². The van der Waals surface area contributed by atoms with Crippen molar-refractivity contribution in [1.29, 1.82) is 0 Å². The van der Waals surface area contributed by atoms with Gasteiger partial charge in [0, 0.05) is 5.92 Å². The molecular formula is C9H15N3O2. The number of nitrogen functional groups attached to an aromatic ring is 1. The third-order valence-corrected chi connectivity index (χ3v) is 2.63. The Morgan fingerprint density at radius 3 is 2.86 bits per heavy atom. The summed E-state index contributed by atoms with van der Waals surface area (Å²) in [4.78, 5) is 0. The van der Waals surface area contributed by atoms with Crippen LogP contribution in [0.15, 0.2) is 4.52 Å². The van der Waals surface area contributed by atoms with E-state index in [4.69, 9.17) is 15.0 Å². The van der Waals surface area contributed by atoms with Gasteiger partial charge < -0.3 is 20.3 Å². The molecule has 2 rings (SSSR count). The van der Waals surface area contributed by atoms with Crippen molar-refractivity contribution in [3.63, 3.8) is 0 Å². The molecule has 1 saturated heterocycles. The van der Waals surface area contributed by atoms with Crippen molar-refractivity contribution in [1.82, 2.24) is 10.5 Å². The largest absolute Gasteiger partial charge is 0.490 e. The molecule has 3 N–H and O–H groups in total. The first-order chi connectivity index (χ1) is 6.83. The highest BCUT2D eigenvalue weighted by Gasteiger charge is 2.24. The van der Waals surface area contributed by atoms with Crippen LogP contribution in [-0.2, 0) is 0 Å². The number of ether oxygens (including phenoxy) is 1. The summed E-state index contributed by atoms with van der Waals surface area (Å²) in [6.07, 6.45) is 2.12. The summed E-state index contributed by atoms with van der Waals surface area (Å²) < 4.78 is 10.1. The van der Waals surface area contributed by atoms with Gasteiger partial charge in [-0.2, -0.15) is 0 Å². The van der Waals surface area contributed by atoms with Gasteiger partial charge in [-0.3, -0.25) is 0 Å². The zero-order chi connectivity index (χ0) is 9.97. The van der Waals surface area contributed by atoms with Crippen LogP contribution in [0, 0.1) is 0 Å². The van der Waals surface area contributed by atoms with E-state index in [1.807, 2.05) is 0 Å². The minimum Gasteiger partial charge on any atom is -0.490 e. The maximum absolute atomic E-state index is 5.59. The summed E-state index contributed by atoms with van der Waals surface area (Å²) in [6, 6.07) is 0. The van der Waals surface area contributed by atoms with Gasteiger partial charge in [0.2, 0.25) is 5.75 Å². The SMILES string of the molecule is COc1c(C2CCNCC2)noc1N. The molecule has 0 aromatic carbocycles. The molecular weight excluding hydrogens is 182 g/mol. The molecule has 14 heavy (non-hydrogen) atoms. The third kappa shape index (κ3) is 1.55. The molecule has 2 heterocycles. The summed E-state index contributed by atoms with van der Waals surface area (Å²) >= 11 is 0. The monoisotopic (exact) mass is 197 g/mol. The number of nitrogens with one attached hydrogen (secondary N) is 1. The fourth-order valence-electron chi connectivity index (χ4n) is 1.87. The highest BCUT2D eigenvalue weighted by Crippen LogP contribution is 2.35. The number of nitrogens with two attached hydrogens (primary N) is 1. The van der Waals surface area contributed by atoms with Crippen molar-refractivity contribution in [2.45, 2.75) is 18.8 Å². The van der Waals surface area contributed by atoms with Crippen molar-refractivity contribution in [2.75, 3.05) is 25.9 Å². The lowest BCUT2D eigenvalue weighted by Crippen LogP contribution is -2.26. The van der Waals surface area contributed by atoms with E-state index in [0.29, 0.717) is 11.7 Å². The first-order valence-corrected chi connectivity index (χ1v) is 4.82. The van der Waals surface area contributed by atoms with E-state index in [0.717, 1.165) is 31.6 Å². The molecule has 0 unspecified atom stereocenters. The molecule has 1 aliphatic heterocycles. The normalized spacial score (nSPS) is 18.4. The van der Waals surface area contributed by atoms with Crippen LogP contribution < -0.4 is 15.8 Å². The van der Waals surface area contributed by atoms with Gasteiger partial charge in [-0.15, -0.1) is 0 Å². The van der Waals surface area contributed by atoms with E-state index in [-0.39, 0.29) is 5.88 Å². The molecule has 1 aliphatic rings. The van der Waals surface area contributed by atoms with E-state index in [2.05, 4.69) is 10.5 Å². The predicted molar refractivity (Wildman–Crippen MR) is 52.3 cm³/mol. The molecule has 0 bridgehead atoms. The molecule has 5 nitrogen and oxygen atoms in total. The van der Waals surface area contributed by atoms with Crippen LogP contribution in [0.3, 0.4) is 0 Å². The van der Waals surface area contributed by atoms with Gasteiger partial charge in [0.15, 0.2) is 0 Å². The summed E-state index contributed by atoms with van der Waals surface area (Å²) in [5.41, 5.74) is 6.46. The third-order valence-electron chi connectivity index (χ3n) is 2.63. The molecule has 1 aromatic rings. The quantitative estimate of drug-likeness (QED) is 0.731. The second-order valence-corrected chi connectivity index (χ2v) is 3.49. The average Bonchev–Trinajstić information content (AvgIpc) is 2.61. The van der Waals surface area contributed by atoms with Crippen molar-refractivity contribution < 1.29 is 9.26 Å². The van der Waals surface area contributed by atoms with Crippen molar-refractivity contribution in [2.24, 2.45) is 0 Å². The fraction of sp³-hybridized carbons (Fsp3) is 0.667. The van der Waals surface area contributed by atoms with Crippen molar-refractivity contribution >= 4 is 5.88 Å². The van der Waals surface area contributed by atoms with Crippen LogP contribution in [0.5, 0.6) is 5.75 Å². The van der Waals surface area contributed by atoms with Gasteiger partial charge in [-0.1, -0.05) is 5.16 Å². The Hall–Kier alpha value is -1.23. The topological polar surface area (TPSA) is 73.3 Å². The van der Waals surface area contributed by atoms with Crippen LogP contribution >= 0.6 is 0 Å². The molecule has 1 aromatic heterocycles. The summed E-state index contributed by atoms with van der Waals surface area (Å²) in [7, 11) is 1.59. The first-order valence-electron chi connectivity index (χ1n) is 4.82. The number of hydrogen-bond acceptors (Lipinski definition) is 5. The zero-order valence-electron chi connectivity index (χ0n) is 8.25. The average molecular weight is 197 g/mol. The van der Waals surface area contributed by atoms with Crippen LogP contribution in [0.1, 0.15) is 24.5 Å². The van der Waals surface area contributed by atoms with Crippen LogP contribution in [-0.4, -0.2) is 25.4 Å². The maximum atomic E-state index is 5.59. The Kier molecular flexibility index (Phi) is 2.58. The predicted octanol–water partition coefficient (Wildman–Crippen LogP) is 0.732. The van der Waals surface area contributed by atoms with E-state index < -0.39 is 0 Å². The summed E-state index contributed by atoms with van der Waals surface area (Å²) in [6.45, 7) is 2.03. The number of nitrogens with zero attached hydrogens (tertiary/aromatic N) is 1. The highest BCUT2D eigenvalue weighted by molar-refractivity contribution is 5.47.